The number of carbonyl (C=O) groups excluding carboxylic acids is 1. The first-order valence-corrected chi connectivity index (χ1v) is 23.5. The number of anilines is 1. The Hall–Kier alpha value is -9.33. The topological polar surface area (TPSA) is 229 Å². The van der Waals surface area contributed by atoms with Gasteiger partial charge in [-0.2, -0.15) is 20.2 Å². The van der Waals surface area contributed by atoms with Gasteiger partial charge < -0.3 is 33.2 Å². The second-order valence-corrected chi connectivity index (χ2v) is 17.2. The molecule has 1 amide bonds. The zero-order valence-corrected chi connectivity index (χ0v) is 41.0. The van der Waals surface area contributed by atoms with Gasteiger partial charge >= 0.3 is 0 Å². The standard InChI is InChI=1S/C20H21N5O.C18H20N4O2.C15H10N6O2/c1-24-17-13-15(16-11-12-21-25(16)2)20(26-3)23-19(17)22-18(24)10-9-14-7-5-4-6-8-14;1-22-14-10-13(12-6-7-19-16(9-12)23-2)18(24-3)21-17(14)20-15(22)8-11-4-5-11;22-15(18-11-6-7-23-21-11)10-8-16-14-13(17-10)12(19-20-14)9-4-2-1-3-5-9/h4-8,11-13H,9-10H2,1-3H3;6-7,9-11H,4-5,8H2,1-3H3;1-8H,(H,16,19,20)(H,18,21,22). The van der Waals surface area contributed by atoms with Gasteiger partial charge in [-0.15, -0.1) is 0 Å². The van der Waals surface area contributed by atoms with Crippen LogP contribution in [-0.2, 0) is 40.4 Å². The molecule has 9 heterocycles. The van der Waals surface area contributed by atoms with Crippen molar-refractivity contribution in [2.45, 2.75) is 32.1 Å². The molecule has 0 atom stereocenters. The maximum atomic E-state index is 12.2. The van der Waals surface area contributed by atoms with Crippen LogP contribution in [0.3, 0.4) is 0 Å². The molecule has 1 aliphatic carbocycles. The van der Waals surface area contributed by atoms with Crippen LogP contribution in [0, 0.1) is 5.92 Å². The number of imidazole rings is 2. The Bertz CT molecular complexity index is 3680. The van der Waals surface area contributed by atoms with Crippen LogP contribution in [0.1, 0.15) is 40.5 Å². The van der Waals surface area contributed by atoms with Crippen molar-refractivity contribution < 1.29 is 23.5 Å². The summed E-state index contributed by atoms with van der Waals surface area (Å²) in [5.74, 6) is 4.47. The van der Waals surface area contributed by atoms with Crippen LogP contribution in [0.15, 0.2) is 126 Å². The summed E-state index contributed by atoms with van der Waals surface area (Å²) in [6.07, 6.45) is 11.7. The summed E-state index contributed by atoms with van der Waals surface area (Å²) in [7, 11) is 10.9. The van der Waals surface area contributed by atoms with Gasteiger partial charge in [-0.1, -0.05) is 65.8 Å². The molecule has 73 heavy (non-hydrogen) atoms. The van der Waals surface area contributed by atoms with Gasteiger partial charge in [0, 0.05) is 69.6 Å². The van der Waals surface area contributed by atoms with Gasteiger partial charge in [-0.3, -0.25) is 14.6 Å². The zero-order chi connectivity index (χ0) is 50.4. The number of hydrogen-bond acceptors (Lipinski definition) is 15. The number of carbonyl (C=O) groups is 1. The first-order valence-electron chi connectivity index (χ1n) is 23.5. The van der Waals surface area contributed by atoms with Gasteiger partial charge in [0.25, 0.3) is 5.91 Å². The van der Waals surface area contributed by atoms with E-state index in [-0.39, 0.29) is 5.69 Å². The quantitative estimate of drug-likeness (QED) is 0.110. The number of pyridine rings is 3. The van der Waals surface area contributed by atoms with E-state index in [9.17, 15) is 4.79 Å². The van der Waals surface area contributed by atoms with Crippen LogP contribution < -0.4 is 19.5 Å². The van der Waals surface area contributed by atoms with Gasteiger partial charge in [0.05, 0.1) is 55.5 Å². The molecular weight excluding hydrogens is 927 g/mol. The van der Waals surface area contributed by atoms with Crippen molar-refractivity contribution in [2.75, 3.05) is 26.6 Å². The Morgan fingerprint density at radius 2 is 1.41 bits per heavy atom. The fourth-order valence-corrected chi connectivity index (χ4v) is 8.37. The van der Waals surface area contributed by atoms with Gasteiger partial charge in [0.15, 0.2) is 22.8 Å². The Morgan fingerprint density at radius 3 is 2.08 bits per heavy atom. The van der Waals surface area contributed by atoms with E-state index in [0.29, 0.717) is 46.0 Å². The van der Waals surface area contributed by atoms with E-state index in [1.54, 1.807) is 33.7 Å². The smallest absolute Gasteiger partial charge is 0.277 e. The molecule has 11 aromatic rings. The molecular formula is C53H51N15O5. The third-order valence-corrected chi connectivity index (χ3v) is 12.5. The van der Waals surface area contributed by atoms with Crippen LogP contribution in [0.2, 0.25) is 0 Å². The second kappa shape index (κ2) is 20.9. The molecule has 12 rings (SSSR count). The number of H-pyrrole nitrogens is 1. The number of benzene rings is 2. The number of amides is 1. The lowest BCUT2D eigenvalue weighted by Crippen LogP contribution is -2.14. The summed E-state index contributed by atoms with van der Waals surface area (Å²) in [4.78, 5) is 43.6. The van der Waals surface area contributed by atoms with Crippen molar-refractivity contribution in [3.05, 3.63) is 145 Å². The molecule has 0 radical (unpaired) electrons. The van der Waals surface area contributed by atoms with E-state index in [4.69, 9.17) is 24.2 Å². The van der Waals surface area contributed by atoms with Crippen LogP contribution >= 0.6 is 0 Å². The molecule has 0 spiro atoms. The molecule has 20 heteroatoms. The highest BCUT2D eigenvalue weighted by Gasteiger charge is 2.25. The number of nitrogens with one attached hydrogen (secondary N) is 2. The number of aryl methyl sites for hydroxylation is 5. The number of aromatic amines is 1. The molecule has 1 fully saturated rings. The van der Waals surface area contributed by atoms with Gasteiger partial charge in [-0.25, -0.2) is 24.9 Å². The third-order valence-electron chi connectivity index (χ3n) is 12.5. The predicted molar refractivity (Wildman–Crippen MR) is 274 cm³/mol. The minimum Gasteiger partial charge on any atom is -0.481 e. The average molecular weight is 978 g/mol. The summed E-state index contributed by atoms with van der Waals surface area (Å²) in [5.41, 5.74) is 11.3. The Morgan fingerprint density at radius 1 is 0.712 bits per heavy atom. The van der Waals surface area contributed by atoms with Gasteiger partial charge in [0.2, 0.25) is 17.6 Å². The largest absolute Gasteiger partial charge is 0.481 e. The van der Waals surface area contributed by atoms with Crippen molar-refractivity contribution in [1.29, 1.82) is 0 Å². The first kappa shape index (κ1) is 47.4. The Kier molecular flexibility index (Phi) is 13.6. The van der Waals surface area contributed by atoms with Crippen molar-refractivity contribution in [3.63, 3.8) is 0 Å². The van der Waals surface area contributed by atoms with Crippen LogP contribution in [-0.4, -0.2) is 96.4 Å². The van der Waals surface area contributed by atoms with E-state index in [1.807, 2.05) is 73.4 Å². The number of methoxy groups -OCH3 is 3. The normalized spacial score (nSPS) is 12.0. The second-order valence-electron chi connectivity index (χ2n) is 17.2. The fourth-order valence-electron chi connectivity index (χ4n) is 8.37. The molecule has 0 aliphatic heterocycles. The van der Waals surface area contributed by atoms with Crippen molar-refractivity contribution in [1.82, 2.24) is 69.2 Å². The SMILES string of the molecule is COc1cc(-c2cc3c(nc2OC)nc(CC2CC2)n3C)ccn1.COc1nc2nc(CCc3ccccc3)n(C)c2cc1-c1ccnn1C.O=C(Nc1ccon1)c1cnc2n[nH]c(-c3ccccc3)c2n1. The maximum absolute atomic E-state index is 12.2. The summed E-state index contributed by atoms with van der Waals surface area (Å²) in [6, 6.07) is 31.5. The highest BCUT2D eigenvalue weighted by atomic mass is 16.5. The average Bonchev–Trinajstić information content (AvgIpc) is 3.85. The van der Waals surface area contributed by atoms with Gasteiger partial charge in [-0.05, 0) is 60.6 Å². The van der Waals surface area contributed by atoms with E-state index in [2.05, 4.69) is 108 Å². The lowest BCUT2D eigenvalue weighted by molar-refractivity contribution is 0.102. The minimum atomic E-state index is -0.423. The molecule has 368 valence electrons. The van der Waals surface area contributed by atoms with Crippen molar-refractivity contribution in [3.8, 4) is 51.3 Å². The number of ether oxygens (including phenoxy) is 3. The lowest BCUT2D eigenvalue weighted by atomic mass is 10.1. The number of rotatable bonds is 13. The number of hydrogen-bond donors (Lipinski definition) is 2. The first-order chi connectivity index (χ1) is 35.7. The fraction of sp³-hybridized carbons (Fsp3) is 0.226. The molecule has 0 bridgehead atoms. The molecule has 20 nitrogen and oxygen atoms in total. The summed E-state index contributed by atoms with van der Waals surface area (Å²) in [6.45, 7) is 0. The minimum absolute atomic E-state index is 0.166. The lowest BCUT2D eigenvalue weighted by Gasteiger charge is -2.09. The zero-order valence-electron chi connectivity index (χ0n) is 41.0. The monoisotopic (exact) mass is 977 g/mol. The van der Waals surface area contributed by atoms with E-state index >= 15 is 0 Å². The molecule has 2 aromatic carbocycles. The van der Waals surface area contributed by atoms with Crippen LogP contribution in [0.4, 0.5) is 5.82 Å². The maximum Gasteiger partial charge on any atom is 0.277 e. The van der Waals surface area contributed by atoms with Crippen molar-refractivity contribution >= 4 is 45.2 Å². The van der Waals surface area contributed by atoms with Gasteiger partial charge in [0.1, 0.15) is 29.1 Å². The number of fused-ring (bicyclic) bond motifs is 3. The van der Waals surface area contributed by atoms with E-state index < -0.39 is 5.91 Å². The van der Waals surface area contributed by atoms with Crippen molar-refractivity contribution in [2.24, 2.45) is 27.1 Å². The molecule has 1 aliphatic rings. The summed E-state index contributed by atoms with van der Waals surface area (Å²) in [5, 5.41) is 17.5. The highest BCUT2D eigenvalue weighted by Crippen LogP contribution is 2.36. The van der Waals surface area contributed by atoms with Crippen LogP contribution in [0.25, 0.3) is 67.1 Å². The number of aromatic nitrogens is 14. The molecule has 0 saturated heterocycles. The number of nitrogens with zero attached hydrogens (tertiary/aromatic N) is 13. The molecule has 2 N–H and O–H groups in total. The molecule has 9 aromatic heterocycles. The van der Waals surface area contributed by atoms with Crippen LogP contribution in [0.5, 0.6) is 17.6 Å². The Balaban J connectivity index is 0.000000126. The summed E-state index contributed by atoms with van der Waals surface area (Å²) < 4.78 is 27.0. The Labute approximate surface area is 418 Å². The third kappa shape index (κ3) is 10.3. The molecule has 0 unspecified atom stereocenters. The highest BCUT2D eigenvalue weighted by molar-refractivity contribution is 6.03. The van der Waals surface area contributed by atoms with E-state index in [1.165, 1.54) is 36.9 Å². The summed E-state index contributed by atoms with van der Waals surface area (Å²) >= 11 is 0. The molecule has 1 saturated carbocycles. The predicted octanol–water partition coefficient (Wildman–Crippen LogP) is 8.42. The van der Waals surface area contributed by atoms with E-state index in [0.717, 1.165) is 81.5 Å².